The van der Waals surface area contributed by atoms with Gasteiger partial charge in [0.2, 0.25) is 0 Å². The standard InChI is InChI=1S/C16H28N2S/c1-3-9-17-15(12-16-18-10-11-19-16)14-7-5-13(4-2)6-8-14/h10-11,13-15,17H,3-9,12H2,1-2H3. The van der Waals surface area contributed by atoms with Gasteiger partial charge >= 0.3 is 0 Å². The zero-order valence-corrected chi connectivity index (χ0v) is 13.2. The Morgan fingerprint density at radius 2 is 2.11 bits per heavy atom. The molecule has 1 atom stereocenters. The first-order valence-electron chi connectivity index (χ1n) is 7.95. The molecule has 0 aliphatic heterocycles. The smallest absolute Gasteiger partial charge is 0.0940 e. The van der Waals surface area contributed by atoms with Crippen LogP contribution in [-0.2, 0) is 6.42 Å². The third-order valence-corrected chi connectivity index (χ3v) is 5.37. The molecule has 1 aromatic heterocycles. The lowest BCUT2D eigenvalue weighted by molar-refractivity contribution is 0.216. The van der Waals surface area contributed by atoms with Crippen LogP contribution in [0.15, 0.2) is 11.6 Å². The van der Waals surface area contributed by atoms with Crippen LogP contribution in [0.25, 0.3) is 0 Å². The van der Waals surface area contributed by atoms with E-state index in [1.54, 1.807) is 11.3 Å². The number of nitrogens with one attached hydrogen (secondary N) is 1. The topological polar surface area (TPSA) is 24.9 Å². The van der Waals surface area contributed by atoms with E-state index in [1.807, 2.05) is 6.20 Å². The maximum atomic E-state index is 4.47. The summed E-state index contributed by atoms with van der Waals surface area (Å²) in [5, 5.41) is 7.17. The van der Waals surface area contributed by atoms with E-state index >= 15 is 0 Å². The number of aromatic nitrogens is 1. The second-order valence-corrected chi connectivity index (χ2v) is 6.86. The summed E-state index contributed by atoms with van der Waals surface area (Å²) in [5.74, 6) is 1.85. The zero-order chi connectivity index (χ0) is 13.5. The Labute approximate surface area is 122 Å². The SMILES string of the molecule is CCCNC(Cc1nccs1)C1CCC(CC)CC1. The molecule has 1 aliphatic rings. The van der Waals surface area contributed by atoms with Crippen molar-refractivity contribution in [1.29, 1.82) is 0 Å². The van der Waals surface area contributed by atoms with Gasteiger partial charge < -0.3 is 5.32 Å². The van der Waals surface area contributed by atoms with E-state index in [2.05, 4.69) is 29.5 Å². The fourth-order valence-electron chi connectivity index (χ4n) is 3.28. The van der Waals surface area contributed by atoms with E-state index in [0.29, 0.717) is 6.04 Å². The highest BCUT2D eigenvalue weighted by atomic mass is 32.1. The molecule has 0 spiro atoms. The fourth-order valence-corrected chi connectivity index (χ4v) is 3.95. The number of thiazole rings is 1. The molecule has 1 unspecified atom stereocenters. The highest BCUT2D eigenvalue weighted by molar-refractivity contribution is 7.09. The van der Waals surface area contributed by atoms with E-state index in [-0.39, 0.29) is 0 Å². The predicted octanol–water partition coefficient (Wildman–Crippen LogP) is 4.27. The fraction of sp³-hybridized carbons (Fsp3) is 0.812. The van der Waals surface area contributed by atoms with Gasteiger partial charge in [-0.05, 0) is 37.6 Å². The molecular formula is C16H28N2S. The van der Waals surface area contributed by atoms with Crippen molar-refractivity contribution in [2.75, 3.05) is 6.54 Å². The summed E-state index contributed by atoms with van der Waals surface area (Å²) < 4.78 is 0. The second-order valence-electron chi connectivity index (χ2n) is 5.88. The molecule has 3 heteroatoms. The first kappa shape index (κ1) is 15.0. The summed E-state index contributed by atoms with van der Waals surface area (Å²) in [7, 11) is 0. The van der Waals surface area contributed by atoms with Gasteiger partial charge in [-0.1, -0.05) is 33.1 Å². The van der Waals surface area contributed by atoms with Crippen LogP contribution in [0, 0.1) is 11.8 Å². The molecule has 2 nitrogen and oxygen atoms in total. The van der Waals surface area contributed by atoms with E-state index in [1.165, 1.54) is 43.5 Å². The second kappa shape index (κ2) is 8.01. The van der Waals surface area contributed by atoms with Crippen molar-refractivity contribution in [1.82, 2.24) is 10.3 Å². The molecule has 0 bridgehead atoms. The van der Waals surface area contributed by atoms with Gasteiger partial charge in [0.1, 0.15) is 0 Å². The van der Waals surface area contributed by atoms with E-state index in [9.17, 15) is 0 Å². The third kappa shape index (κ3) is 4.57. The summed E-state index contributed by atoms with van der Waals surface area (Å²) in [6.07, 6.45) is 11.3. The minimum Gasteiger partial charge on any atom is -0.313 e. The van der Waals surface area contributed by atoms with Crippen LogP contribution in [0.4, 0.5) is 0 Å². The first-order valence-corrected chi connectivity index (χ1v) is 8.83. The Bertz CT molecular complexity index is 329. The van der Waals surface area contributed by atoms with E-state index < -0.39 is 0 Å². The largest absolute Gasteiger partial charge is 0.313 e. The van der Waals surface area contributed by atoms with Crippen LogP contribution in [0.2, 0.25) is 0 Å². The lowest BCUT2D eigenvalue weighted by Gasteiger charge is -2.34. The van der Waals surface area contributed by atoms with Gasteiger partial charge in [0.25, 0.3) is 0 Å². The van der Waals surface area contributed by atoms with Crippen molar-refractivity contribution in [3.8, 4) is 0 Å². The molecule has 1 heterocycles. The Morgan fingerprint density at radius 1 is 1.32 bits per heavy atom. The van der Waals surface area contributed by atoms with Crippen molar-refractivity contribution in [2.45, 2.75) is 64.8 Å². The number of nitrogens with zero attached hydrogens (tertiary/aromatic N) is 1. The quantitative estimate of drug-likeness (QED) is 0.807. The molecule has 108 valence electrons. The van der Waals surface area contributed by atoms with Gasteiger partial charge in [0.15, 0.2) is 0 Å². The zero-order valence-electron chi connectivity index (χ0n) is 12.4. The van der Waals surface area contributed by atoms with Gasteiger partial charge in [0.05, 0.1) is 5.01 Å². The lowest BCUT2D eigenvalue weighted by Crippen LogP contribution is -2.40. The van der Waals surface area contributed by atoms with E-state index in [4.69, 9.17) is 0 Å². The van der Waals surface area contributed by atoms with Crippen LogP contribution in [0.5, 0.6) is 0 Å². The monoisotopic (exact) mass is 280 g/mol. The van der Waals surface area contributed by atoms with Crippen molar-refractivity contribution >= 4 is 11.3 Å². The van der Waals surface area contributed by atoms with Crippen LogP contribution in [-0.4, -0.2) is 17.6 Å². The van der Waals surface area contributed by atoms with Gasteiger partial charge in [-0.15, -0.1) is 11.3 Å². The molecule has 1 aromatic rings. The van der Waals surface area contributed by atoms with Crippen LogP contribution >= 0.6 is 11.3 Å². The van der Waals surface area contributed by atoms with Crippen molar-refractivity contribution in [3.63, 3.8) is 0 Å². The maximum absolute atomic E-state index is 4.47. The Morgan fingerprint density at radius 3 is 2.68 bits per heavy atom. The number of hydrogen-bond donors (Lipinski definition) is 1. The molecule has 19 heavy (non-hydrogen) atoms. The van der Waals surface area contributed by atoms with Gasteiger partial charge in [-0.25, -0.2) is 4.98 Å². The molecular weight excluding hydrogens is 252 g/mol. The summed E-state index contributed by atoms with van der Waals surface area (Å²) >= 11 is 1.80. The van der Waals surface area contributed by atoms with Crippen LogP contribution in [0.1, 0.15) is 57.4 Å². The van der Waals surface area contributed by atoms with E-state index in [0.717, 1.165) is 24.8 Å². The summed E-state index contributed by atoms with van der Waals surface area (Å²) in [5.41, 5.74) is 0. The number of rotatable bonds is 7. The molecule has 0 radical (unpaired) electrons. The Kier molecular flexibility index (Phi) is 6.32. The molecule has 1 saturated carbocycles. The molecule has 0 amide bonds. The highest BCUT2D eigenvalue weighted by Crippen LogP contribution is 2.33. The Balaban J connectivity index is 1.89. The molecule has 1 aliphatic carbocycles. The molecule has 0 aromatic carbocycles. The first-order chi connectivity index (χ1) is 9.33. The predicted molar refractivity (Wildman–Crippen MR) is 83.6 cm³/mol. The van der Waals surface area contributed by atoms with Crippen LogP contribution < -0.4 is 5.32 Å². The van der Waals surface area contributed by atoms with Gasteiger partial charge in [0, 0.05) is 24.0 Å². The third-order valence-electron chi connectivity index (χ3n) is 4.57. The Hall–Kier alpha value is -0.410. The highest BCUT2D eigenvalue weighted by Gasteiger charge is 2.27. The summed E-state index contributed by atoms with van der Waals surface area (Å²) in [6, 6.07) is 0.643. The molecule has 1 fully saturated rings. The molecule has 2 rings (SSSR count). The van der Waals surface area contributed by atoms with Gasteiger partial charge in [-0.2, -0.15) is 0 Å². The minimum absolute atomic E-state index is 0.643. The maximum Gasteiger partial charge on any atom is 0.0940 e. The minimum atomic E-state index is 0.643. The molecule has 1 N–H and O–H groups in total. The van der Waals surface area contributed by atoms with Crippen LogP contribution in [0.3, 0.4) is 0 Å². The average molecular weight is 280 g/mol. The lowest BCUT2D eigenvalue weighted by atomic mass is 9.77. The molecule has 0 saturated heterocycles. The normalized spacial score (nSPS) is 25.4. The summed E-state index contributed by atoms with van der Waals surface area (Å²) in [4.78, 5) is 4.47. The summed E-state index contributed by atoms with van der Waals surface area (Å²) in [6.45, 7) is 5.73. The van der Waals surface area contributed by atoms with Crippen molar-refractivity contribution in [2.24, 2.45) is 11.8 Å². The number of hydrogen-bond acceptors (Lipinski definition) is 3. The van der Waals surface area contributed by atoms with Crippen molar-refractivity contribution in [3.05, 3.63) is 16.6 Å². The van der Waals surface area contributed by atoms with Gasteiger partial charge in [-0.3, -0.25) is 0 Å². The average Bonchev–Trinajstić information content (AvgIpc) is 2.96. The van der Waals surface area contributed by atoms with Crippen molar-refractivity contribution < 1.29 is 0 Å².